The smallest absolute Gasteiger partial charge is 0.229 e. The van der Waals surface area contributed by atoms with Crippen molar-refractivity contribution in [2.75, 3.05) is 7.11 Å². The topological polar surface area (TPSA) is 68.4 Å². The van der Waals surface area contributed by atoms with Crippen molar-refractivity contribution < 1.29 is 14.4 Å². The van der Waals surface area contributed by atoms with Gasteiger partial charge in [-0.25, -0.2) is 0 Å². The minimum Gasteiger partial charge on any atom is -0.393 e. The van der Waals surface area contributed by atoms with Crippen LogP contribution in [0.2, 0.25) is 0 Å². The molecule has 0 aliphatic heterocycles. The maximum absolute atomic E-state index is 9.78. The highest BCUT2D eigenvalue weighted by Gasteiger charge is 2.38. The molecule has 1 saturated carbocycles. The van der Waals surface area contributed by atoms with Crippen molar-refractivity contribution in [2.45, 2.75) is 70.0 Å². The zero-order valence-electron chi connectivity index (χ0n) is 11.9. The second-order valence-corrected chi connectivity index (χ2v) is 5.42. The number of hydrogen-bond acceptors (Lipinski definition) is 5. The molecule has 19 heavy (non-hydrogen) atoms. The van der Waals surface area contributed by atoms with Crippen LogP contribution in [0, 0.1) is 0 Å². The number of nitrogens with zero attached hydrogens (tertiary/aromatic N) is 2. The van der Waals surface area contributed by atoms with E-state index in [0.29, 0.717) is 18.1 Å². The molecule has 1 unspecified atom stereocenters. The van der Waals surface area contributed by atoms with E-state index in [4.69, 9.17) is 9.26 Å². The molecule has 1 aliphatic carbocycles. The van der Waals surface area contributed by atoms with Crippen molar-refractivity contribution >= 4 is 0 Å². The Labute approximate surface area is 114 Å². The van der Waals surface area contributed by atoms with Gasteiger partial charge in [-0.05, 0) is 19.3 Å². The summed E-state index contributed by atoms with van der Waals surface area (Å²) < 4.78 is 10.9. The first kappa shape index (κ1) is 14.5. The largest absolute Gasteiger partial charge is 0.393 e. The summed E-state index contributed by atoms with van der Waals surface area (Å²) in [5.74, 6) is 1.16. The molecule has 1 heterocycles. The van der Waals surface area contributed by atoms with E-state index in [-0.39, 0.29) is 5.60 Å². The Bertz CT molecular complexity index is 386. The van der Waals surface area contributed by atoms with E-state index in [1.54, 1.807) is 7.11 Å². The van der Waals surface area contributed by atoms with Crippen molar-refractivity contribution in [3.63, 3.8) is 0 Å². The first-order valence-corrected chi connectivity index (χ1v) is 7.26. The summed E-state index contributed by atoms with van der Waals surface area (Å²) in [5.41, 5.74) is -0.379. The van der Waals surface area contributed by atoms with Crippen molar-refractivity contribution in [2.24, 2.45) is 0 Å². The van der Waals surface area contributed by atoms with Crippen LogP contribution in [0.3, 0.4) is 0 Å². The van der Waals surface area contributed by atoms with E-state index in [9.17, 15) is 5.11 Å². The van der Waals surface area contributed by atoms with Crippen LogP contribution < -0.4 is 0 Å². The van der Waals surface area contributed by atoms with Gasteiger partial charge in [-0.2, -0.15) is 4.98 Å². The van der Waals surface area contributed by atoms with Crippen LogP contribution in [0.25, 0.3) is 0 Å². The van der Waals surface area contributed by atoms with Gasteiger partial charge < -0.3 is 14.4 Å². The summed E-state index contributed by atoms with van der Waals surface area (Å²) in [6, 6.07) is 0. The molecule has 0 spiro atoms. The number of aliphatic hydroxyl groups excluding tert-OH is 1. The van der Waals surface area contributed by atoms with Crippen molar-refractivity contribution in [3.8, 4) is 0 Å². The average Bonchev–Trinajstić information content (AvgIpc) is 2.89. The molecule has 0 aromatic carbocycles. The average molecular weight is 268 g/mol. The second kappa shape index (κ2) is 6.48. The third-order valence-corrected chi connectivity index (χ3v) is 3.96. The standard InChI is InChI=1S/C14H24N2O3/c1-3-7-11(17)10-12-15-13(16-19-12)14(18-2)8-5-4-6-9-14/h11,17H,3-10H2,1-2H3. The molecule has 1 aliphatic rings. The summed E-state index contributed by atoms with van der Waals surface area (Å²) in [5, 5.41) is 13.9. The third-order valence-electron chi connectivity index (χ3n) is 3.96. The van der Waals surface area contributed by atoms with Crippen molar-refractivity contribution in [3.05, 3.63) is 11.7 Å². The van der Waals surface area contributed by atoms with E-state index in [0.717, 1.165) is 38.5 Å². The number of ether oxygens (including phenoxy) is 1. The first-order valence-electron chi connectivity index (χ1n) is 7.26. The van der Waals surface area contributed by atoms with Gasteiger partial charge in [0.2, 0.25) is 11.7 Å². The fraction of sp³-hybridized carbons (Fsp3) is 0.857. The normalized spacial score (nSPS) is 20.4. The van der Waals surface area contributed by atoms with Gasteiger partial charge in [-0.1, -0.05) is 37.8 Å². The van der Waals surface area contributed by atoms with Crippen LogP contribution in [0.4, 0.5) is 0 Å². The molecule has 1 fully saturated rings. The summed E-state index contributed by atoms with van der Waals surface area (Å²) >= 11 is 0. The quantitative estimate of drug-likeness (QED) is 0.858. The van der Waals surface area contributed by atoms with Gasteiger partial charge in [0.1, 0.15) is 5.60 Å². The molecular formula is C14H24N2O3. The Morgan fingerprint density at radius 3 is 2.74 bits per heavy atom. The van der Waals surface area contributed by atoms with Gasteiger partial charge in [-0.15, -0.1) is 0 Å². The van der Waals surface area contributed by atoms with Gasteiger partial charge in [0.15, 0.2) is 0 Å². The monoisotopic (exact) mass is 268 g/mol. The van der Waals surface area contributed by atoms with Crippen LogP contribution in [-0.2, 0) is 16.8 Å². The van der Waals surface area contributed by atoms with Crippen molar-refractivity contribution in [1.29, 1.82) is 0 Å². The summed E-state index contributed by atoms with van der Waals surface area (Å²) in [6.45, 7) is 2.05. The fourth-order valence-corrected chi connectivity index (χ4v) is 2.80. The predicted octanol–water partition coefficient (Wildman–Crippen LogP) is 2.58. The molecule has 2 rings (SSSR count). The van der Waals surface area contributed by atoms with Gasteiger partial charge >= 0.3 is 0 Å². The molecule has 1 atom stereocenters. The second-order valence-electron chi connectivity index (χ2n) is 5.42. The summed E-state index contributed by atoms with van der Waals surface area (Å²) in [4.78, 5) is 4.44. The summed E-state index contributed by atoms with van der Waals surface area (Å²) in [7, 11) is 1.72. The SMILES string of the molecule is CCCC(O)Cc1nc(C2(OC)CCCCC2)no1. The van der Waals surface area contributed by atoms with Gasteiger partial charge in [0, 0.05) is 7.11 Å². The molecule has 1 aromatic rings. The Morgan fingerprint density at radius 2 is 2.11 bits per heavy atom. The Morgan fingerprint density at radius 1 is 1.37 bits per heavy atom. The number of aliphatic hydroxyl groups is 1. The van der Waals surface area contributed by atoms with Crippen LogP contribution in [-0.4, -0.2) is 28.5 Å². The van der Waals surface area contributed by atoms with E-state index in [1.807, 2.05) is 6.92 Å². The van der Waals surface area contributed by atoms with E-state index >= 15 is 0 Å². The minimum absolute atomic E-state index is 0.379. The van der Waals surface area contributed by atoms with Crippen LogP contribution in [0.5, 0.6) is 0 Å². The highest BCUT2D eigenvalue weighted by Crippen LogP contribution is 2.38. The maximum Gasteiger partial charge on any atom is 0.229 e. The van der Waals surface area contributed by atoms with E-state index in [1.165, 1.54) is 6.42 Å². The molecule has 0 saturated heterocycles. The lowest BCUT2D eigenvalue weighted by Crippen LogP contribution is -2.32. The molecule has 5 nitrogen and oxygen atoms in total. The molecule has 0 radical (unpaired) electrons. The highest BCUT2D eigenvalue weighted by atomic mass is 16.5. The van der Waals surface area contributed by atoms with Crippen LogP contribution in [0.1, 0.15) is 63.6 Å². The van der Waals surface area contributed by atoms with E-state index < -0.39 is 6.10 Å². The van der Waals surface area contributed by atoms with Gasteiger partial charge in [0.25, 0.3) is 0 Å². The molecule has 108 valence electrons. The van der Waals surface area contributed by atoms with Crippen LogP contribution in [0.15, 0.2) is 4.52 Å². The number of rotatable bonds is 6. The van der Waals surface area contributed by atoms with Crippen molar-refractivity contribution in [1.82, 2.24) is 10.1 Å². The van der Waals surface area contributed by atoms with E-state index in [2.05, 4.69) is 10.1 Å². The zero-order chi connectivity index (χ0) is 13.7. The Hall–Kier alpha value is -0.940. The number of methoxy groups -OCH3 is 1. The number of hydrogen-bond donors (Lipinski definition) is 1. The first-order chi connectivity index (χ1) is 9.20. The molecule has 1 N–H and O–H groups in total. The lowest BCUT2D eigenvalue weighted by atomic mass is 9.84. The maximum atomic E-state index is 9.78. The number of aromatic nitrogens is 2. The Balaban J connectivity index is 2.06. The molecule has 0 bridgehead atoms. The third kappa shape index (κ3) is 3.34. The highest BCUT2D eigenvalue weighted by molar-refractivity contribution is 5.03. The molecule has 0 amide bonds. The lowest BCUT2D eigenvalue weighted by Gasteiger charge is -2.32. The predicted molar refractivity (Wildman–Crippen MR) is 70.7 cm³/mol. The molecular weight excluding hydrogens is 244 g/mol. The lowest BCUT2D eigenvalue weighted by molar-refractivity contribution is -0.0527. The van der Waals surface area contributed by atoms with Crippen LogP contribution >= 0.6 is 0 Å². The van der Waals surface area contributed by atoms with Gasteiger partial charge in [0.05, 0.1) is 12.5 Å². The zero-order valence-corrected chi connectivity index (χ0v) is 11.9. The minimum atomic E-state index is -0.400. The summed E-state index contributed by atoms with van der Waals surface area (Å²) in [6.07, 6.45) is 7.14. The Kier molecular flexibility index (Phi) is 4.93. The molecule has 5 heteroatoms. The molecule has 1 aromatic heterocycles. The van der Waals surface area contributed by atoms with Gasteiger partial charge in [-0.3, -0.25) is 0 Å². The fourth-order valence-electron chi connectivity index (χ4n) is 2.80.